The minimum absolute atomic E-state index is 0.0923. The van der Waals surface area contributed by atoms with Crippen molar-refractivity contribution < 1.29 is 23.8 Å². The van der Waals surface area contributed by atoms with Gasteiger partial charge in [0.15, 0.2) is 6.10 Å². The standard InChI is InChI=1S/C53H102O5/c1-4-7-10-13-16-19-22-25-26-27-28-30-31-34-37-40-43-46-52(54)57-50-51(49-56-48-45-42-39-36-33-24-21-18-15-12-9-6-3)58-53(55)47-44-41-38-35-32-29-23-20-17-14-11-8-5-2/h25-26,51H,4-24,27-50H2,1-3H3/b26-25-. The summed E-state index contributed by atoms with van der Waals surface area (Å²) in [6.45, 7) is 7.88. The predicted molar refractivity (Wildman–Crippen MR) is 252 cm³/mol. The van der Waals surface area contributed by atoms with E-state index in [9.17, 15) is 9.59 Å². The SMILES string of the molecule is CCCCCCCC/C=C\CCCCCCCCCC(=O)OCC(COCCCCCCCCCCCCCC)OC(=O)CCCCCCCCCCCCCCC. The van der Waals surface area contributed by atoms with E-state index in [2.05, 4.69) is 32.9 Å². The predicted octanol–water partition coefficient (Wildman–Crippen LogP) is 17.5. The lowest BCUT2D eigenvalue weighted by molar-refractivity contribution is -0.163. The summed E-state index contributed by atoms with van der Waals surface area (Å²) in [5.74, 6) is -0.381. The Balaban J connectivity index is 4.19. The molecule has 0 aliphatic rings. The van der Waals surface area contributed by atoms with Crippen molar-refractivity contribution in [1.82, 2.24) is 0 Å². The lowest BCUT2D eigenvalue weighted by atomic mass is 10.0. The molecule has 0 aliphatic carbocycles. The number of hydrogen-bond donors (Lipinski definition) is 0. The molecule has 1 atom stereocenters. The second-order valence-electron chi connectivity index (χ2n) is 17.8. The Labute approximate surface area is 363 Å². The molecular weight excluding hydrogens is 717 g/mol. The van der Waals surface area contributed by atoms with Crippen LogP contribution in [0.15, 0.2) is 12.2 Å². The van der Waals surface area contributed by atoms with Gasteiger partial charge in [0, 0.05) is 19.4 Å². The van der Waals surface area contributed by atoms with Crippen molar-refractivity contribution in [3.05, 3.63) is 12.2 Å². The van der Waals surface area contributed by atoms with Gasteiger partial charge in [0.05, 0.1) is 6.61 Å². The number of rotatable bonds is 49. The molecule has 1 unspecified atom stereocenters. The van der Waals surface area contributed by atoms with Crippen molar-refractivity contribution in [3.63, 3.8) is 0 Å². The van der Waals surface area contributed by atoms with Gasteiger partial charge in [-0.3, -0.25) is 9.59 Å². The summed E-state index contributed by atoms with van der Waals surface area (Å²) in [4.78, 5) is 25.4. The Morgan fingerprint density at radius 3 is 1.05 bits per heavy atom. The first-order valence-corrected chi connectivity index (χ1v) is 26.2. The van der Waals surface area contributed by atoms with Gasteiger partial charge in [-0.15, -0.1) is 0 Å². The van der Waals surface area contributed by atoms with E-state index in [1.807, 2.05) is 0 Å². The minimum atomic E-state index is -0.527. The fraction of sp³-hybridized carbons (Fsp3) is 0.925. The highest BCUT2D eigenvalue weighted by Gasteiger charge is 2.17. The number of hydrogen-bond acceptors (Lipinski definition) is 5. The van der Waals surface area contributed by atoms with Crippen molar-refractivity contribution in [2.24, 2.45) is 0 Å². The highest BCUT2D eigenvalue weighted by molar-refractivity contribution is 5.70. The first-order valence-electron chi connectivity index (χ1n) is 26.2. The Morgan fingerprint density at radius 1 is 0.362 bits per heavy atom. The molecular formula is C53H102O5. The number of unbranched alkanes of at least 4 members (excludes halogenated alkanes) is 36. The van der Waals surface area contributed by atoms with Crippen LogP contribution in [-0.4, -0.2) is 37.9 Å². The zero-order valence-electron chi connectivity index (χ0n) is 39.6. The molecule has 58 heavy (non-hydrogen) atoms. The molecule has 0 fully saturated rings. The summed E-state index contributed by atoms with van der Waals surface area (Å²) in [7, 11) is 0. The van der Waals surface area contributed by atoms with Gasteiger partial charge >= 0.3 is 11.9 Å². The van der Waals surface area contributed by atoms with Crippen molar-refractivity contribution in [2.75, 3.05) is 19.8 Å². The molecule has 0 N–H and O–H groups in total. The van der Waals surface area contributed by atoms with Crippen molar-refractivity contribution >= 4 is 11.9 Å². The minimum Gasteiger partial charge on any atom is -0.462 e. The van der Waals surface area contributed by atoms with Gasteiger partial charge in [-0.2, -0.15) is 0 Å². The van der Waals surface area contributed by atoms with E-state index in [0.717, 1.165) is 32.1 Å². The average molecular weight is 819 g/mol. The number of ether oxygens (including phenoxy) is 3. The molecule has 0 heterocycles. The van der Waals surface area contributed by atoms with Crippen LogP contribution >= 0.6 is 0 Å². The van der Waals surface area contributed by atoms with Gasteiger partial charge in [0.2, 0.25) is 0 Å². The van der Waals surface area contributed by atoms with Gasteiger partial charge in [0.1, 0.15) is 6.61 Å². The number of carbonyl (C=O) groups is 2. The normalized spacial score (nSPS) is 12.1. The summed E-state index contributed by atoms with van der Waals surface area (Å²) in [5.41, 5.74) is 0. The number of allylic oxidation sites excluding steroid dienone is 2. The van der Waals surface area contributed by atoms with E-state index in [-0.39, 0.29) is 18.5 Å². The molecule has 5 heteroatoms. The molecule has 0 aromatic carbocycles. The van der Waals surface area contributed by atoms with Crippen LogP contribution in [0.3, 0.4) is 0 Å². The van der Waals surface area contributed by atoms with Gasteiger partial charge in [-0.25, -0.2) is 0 Å². The Kier molecular flexibility index (Phi) is 48.8. The molecule has 0 saturated carbocycles. The van der Waals surface area contributed by atoms with Crippen LogP contribution in [0, 0.1) is 0 Å². The van der Waals surface area contributed by atoms with Crippen molar-refractivity contribution in [1.29, 1.82) is 0 Å². The maximum Gasteiger partial charge on any atom is 0.306 e. The fourth-order valence-electron chi connectivity index (χ4n) is 7.86. The quantitative estimate of drug-likeness (QED) is 0.0348. The molecule has 0 radical (unpaired) electrons. The van der Waals surface area contributed by atoms with Gasteiger partial charge in [0.25, 0.3) is 0 Å². The zero-order valence-corrected chi connectivity index (χ0v) is 39.6. The van der Waals surface area contributed by atoms with Crippen molar-refractivity contribution in [2.45, 2.75) is 297 Å². The van der Waals surface area contributed by atoms with Gasteiger partial charge < -0.3 is 14.2 Å². The molecule has 0 aromatic heterocycles. The maximum atomic E-state index is 12.8. The van der Waals surface area contributed by atoms with E-state index in [1.54, 1.807) is 0 Å². The van der Waals surface area contributed by atoms with E-state index in [4.69, 9.17) is 14.2 Å². The highest BCUT2D eigenvalue weighted by atomic mass is 16.6. The lowest BCUT2D eigenvalue weighted by Gasteiger charge is -2.18. The zero-order chi connectivity index (χ0) is 42.1. The van der Waals surface area contributed by atoms with Crippen LogP contribution in [0.25, 0.3) is 0 Å². The number of esters is 2. The van der Waals surface area contributed by atoms with Crippen LogP contribution < -0.4 is 0 Å². The van der Waals surface area contributed by atoms with Crippen LogP contribution in [0.5, 0.6) is 0 Å². The van der Waals surface area contributed by atoms with E-state index >= 15 is 0 Å². The Morgan fingerprint density at radius 2 is 0.672 bits per heavy atom. The van der Waals surface area contributed by atoms with E-state index in [0.29, 0.717) is 26.1 Å². The second kappa shape index (κ2) is 50.0. The molecule has 0 rings (SSSR count). The first-order chi connectivity index (χ1) is 28.6. The summed E-state index contributed by atoms with van der Waals surface area (Å²) >= 11 is 0. The summed E-state index contributed by atoms with van der Waals surface area (Å²) < 4.78 is 17.4. The van der Waals surface area contributed by atoms with Crippen LogP contribution in [-0.2, 0) is 23.8 Å². The summed E-state index contributed by atoms with van der Waals surface area (Å²) in [6.07, 6.45) is 56.4. The van der Waals surface area contributed by atoms with Gasteiger partial charge in [-0.05, 0) is 44.9 Å². The third kappa shape index (κ3) is 47.3. The van der Waals surface area contributed by atoms with Crippen molar-refractivity contribution in [3.8, 4) is 0 Å². The molecule has 0 bridgehead atoms. The molecule has 5 nitrogen and oxygen atoms in total. The van der Waals surface area contributed by atoms with E-state index in [1.165, 1.54) is 225 Å². The Hall–Kier alpha value is -1.36. The topological polar surface area (TPSA) is 61.8 Å². The second-order valence-corrected chi connectivity index (χ2v) is 17.8. The highest BCUT2D eigenvalue weighted by Crippen LogP contribution is 2.16. The third-order valence-electron chi connectivity index (χ3n) is 11.8. The fourth-order valence-corrected chi connectivity index (χ4v) is 7.86. The van der Waals surface area contributed by atoms with Crippen LogP contribution in [0.2, 0.25) is 0 Å². The van der Waals surface area contributed by atoms with Gasteiger partial charge in [-0.1, -0.05) is 245 Å². The van der Waals surface area contributed by atoms with Crippen LogP contribution in [0.4, 0.5) is 0 Å². The molecule has 0 aromatic rings. The first kappa shape index (κ1) is 56.6. The molecule has 0 saturated heterocycles. The summed E-state index contributed by atoms with van der Waals surface area (Å²) in [6, 6.07) is 0. The monoisotopic (exact) mass is 819 g/mol. The summed E-state index contributed by atoms with van der Waals surface area (Å²) in [5, 5.41) is 0. The molecule has 0 amide bonds. The average Bonchev–Trinajstić information content (AvgIpc) is 3.22. The van der Waals surface area contributed by atoms with E-state index < -0.39 is 6.10 Å². The molecule has 344 valence electrons. The smallest absolute Gasteiger partial charge is 0.306 e. The Bertz CT molecular complexity index is 840. The molecule has 0 aliphatic heterocycles. The third-order valence-corrected chi connectivity index (χ3v) is 11.8. The lowest BCUT2D eigenvalue weighted by Crippen LogP contribution is -2.30. The van der Waals surface area contributed by atoms with Crippen LogP contribution in [0.1, 0.15) is 290 Å². The number of carbonyl (C=O) groups excluding carboxylic acids is 2. The molecule has 0 spiro atoms. The largest absolute Gasteiger partial charge is 0.462 e. The maximum absolute atomic E-state index is 12.8.